The Kier molecular flexibility index (Phi) is 3.33. The molecule has 0 radical (unpaired) electrons. The molecular weight excluding hydrogens is 278 g/mol. The van der Waals surface area contributed by atoms with Gasteiger partial charge in [0.15, 0.2) is 0 Å². The summed E-state index contributed by atoms with van der Waals surface area (Å²) in [6.07, 6.45) is 3.96. The highest BCUT2D eigenvalue weighted by atomic mass is 16.4. The first kappa shape index (κ1) is 14.1. The van der Waals surface area contributed by atoms with Gasteiger partial charge in [0, 0.05) is 25.0 Å². The van der Waals surface area contributed by atoms with Crippen LogP contribution in [0.1, 0.15) is 21.6 Å². The van der Waals surface area contributed by atoms with Crippen molar-refractivity contribution >= 4 is 5.97 Å². The van der Waals surface area contributed by atoms with Crippen molar-refractivity contribution in [2.75, 3.05) is 0 Å². The maximum Gasteiger partial charge on any atom is 0.335 e. The van der Waals surface area contributed by atoms with Crippen molar-refractivity contribution in [3.63, 3.8) is 0 Å². The average molecular weight is 295 g/mol. The quantitative estimate of drug-likeness (QED) is 0.807. The number of benzene rings is 1. The summed E-state index contributed by atoms with van der Waals surface area (Å²) in [5, 5.41) is 13.5. The van der Waals surface area contributed by atoms with Crippen molar-refractivity contribution in [1.29, 1.82) is 0 Å². The zero-order chi connectivity index (χ0) is 15.9. The van der Waals surface area contributed by atoms with Gasteiger partial charge in [-0.3, -0.25) is 4.68 Å². The molecule has 112 valence electrons. The minimum atomic E-state index is -0.917. The van der Waals surface area contributed by atoms with Crippen molar-refractivity contribution in [3.05, 3.63) is 59.5 Å². The standard InChI is InChI=1S/C17H17N3O2/c1-11-12(2)18-19(3)16(11)20-8-7-15(10-20)13-5-4-6-14(9-13)17(21)22/h4-10H,1-3H3,(H,21,22). The van der Waals surface area contributed by atoms with Crippen LogP contribution in [-0.2, 0) is 7.05 Å². The van der Waals surface area contributed by atoms with Crippen molar-refractivity contribution in [2.24, 2.45) is 7.05 Å². The van der Waals surface area contributed by atoms with Crippen molar-refractivity contribution in [3.8, 4) is 16.9 Å². The van der Waals surface area contributed by atoms with Gasteiger partial charge in [0.2, 0.25) is 0 Å². The highest BCUT2D eigenvalue weighted by Crippen LogP contribution is 2.24. The number of carboxylic acids is 1. The summed E-state index contributed by atoms with van der Waals surface area (Å²) in [6.45, 7) is 4.03. The smallest absolute Gasteiger partial charge is 0.335 e. The van der Waals surface area contributed by atoms with Gasteiger partial charge in [-0.2, -0.15) is 5.10 Å². The van der Waals surface area contributed by atoms with Gasteiger partial charge in [0.1, 0.15) is 5.82 Å². The molecule has 0 amide bonds. The largest absolute Gasteiger partial charge is 0.478 e. The van der Waals surface area contributed by atoms with Crippen LogP contribution >= 0.6 is 0 Å². The molecule has 0 bridgehead atoms. The number of aromatic nitrogens is 3. The summed E-state index contributed by atoms with van der Waals surface area (Å²) in [4.78, 5) is 11.1. The van der Waals surface area contributed by atoms with Crippen LogP contribution in [-0.4, -0.2) is 25.4 Å². The van der Waals surface area contributed by atoms with Crippen LogP contribution in [0.5, 0.6) is 0 Å². The van der Waals surface area contributed by atoms with E-state index in [2.05, 4.69) is 5.10 Å². The summed E-state index contributed by atoms with van der Waals surface area (Å²) < 4.78 is 3.86. The van der Waals surface area contributed by atoms with Crippen LogP contribution in [0.4, 0.5) is 0 Å². The fourth-order valence-electron chi connectivity index (χ4n) is 2.64. The molecule has 0 aliphatic carbocycles. The molecule has 0 fully saturated rings. The van der Waals surface area contributed by atoms with E-state index in [1.807, 2.05) is 54.7 Å². The molecule has 5 heteroatoms. The third-order valence-electron chi connectivity index (χ3n) is 3.86. The van der Waals surface area contributed by atoms with Crippen LogP contribution in [0.2, 0.25) is 0 Å². The van der Waals surface area contributed by atoms with E-state index in [1.54, 1.807) is 18.2 Å². The van der Waals surface area contributed by atoms with Gasteiger partial charge in [0.25, 0.3) is 0 Å². The zero-order valence-electron chi connectivity index (χ0n) is 12.7. The molecule has 2 heterocycles. The molecule has 0 aliphatic rings. The summed E-state index contributed by atoms with van der Waals surface area (Å²) in [5.74, 6) is 0.0949. The normalized spacial score (nSPS) is 10.9. The van der Waals surface area contributed by atoms with E-state index < -0.39 is 5.97 Å². The first-order valence-electron chi connectivity index (χ1n) is 6.99. The third-order valence-corrected chi connectivity index (χ3v) is 3.86. The minimum absolute atomic E-state index is 0.290. The van der Waals surface area contributed by atoms with Gasteiger partial charge in [-0.1, -0.05) is 12.1 Å². The van der Waals surface area contributed by atoms with Gasteiger partial charge < -0.3 is 9.67 Å². The van der Waals surface area contributed by atoms with E-state index in [0.29, 0.717) is 0 Å². The summed E-state index contributed by atoms with van der Waals surface area (Å²) in [5.41, 5.74) is 4.28. The van der Waals surface area contributed by atoms with Crippen molar-refractivity contribution in [2.45, 2.75) is 13.8 Å². The van der Waals surface area contributed by atoms with E-state index >= 15 is 0 Å². The molecule has 2 aromatic heterocycles. The Labute approximate surface area is 128 Å². The van der Waals surface area contributed by atoms with Crippen molar-refractivity contribution in [1.82, 2.24) is 14.3 Å². The number of carbonyl (C=O) groups is 1. The molecule has 0 unspecified atom stereocenters. The Morgan fingerprint density at radius 3 is 2.59 bits per heavy atom. The Balaban J connectivity index is 2.04. The van der Waals surface area contributed by atoms with Crippen LogP contribution in [0.15, 0.2) is 42.7 Å². The molecule has 3 rings (SSSR count). The molecule has 5 nitrogen and oxygen atoms in total. The average Bonchev–Trinajstić information content (AvgIpc) is 3.05. The van der Waals surface area contributed by atoms with Crippen molar-refractivity contribution < 1.29 is 9.90 Å². The predicted molar refractivity (Wildman–Crippen MR) is 84.4 cm³/mol. The number of nitrogens with zero attached hydrogens (tertiary/aromatic N) is 3. The molecule has 0 saturated heterocycles. The van der Waals surface area contributed by atoms with Gasteiger partial charge in [-0.05, 0) is 43.2 Å². The molecule has 3 aromatic rings. The molecule has 1 aromatic carbocycles. The number of carboxylic acid groups (broad SMARTS) is 1. The van der Waals surface area contributed by atoms with E-state index in [1.165, 1.54) is 0 Å². The molecule has 22 heavy (non-hydrogen) atoms. The lowest BCUT2D eigenvalue weighted by atomic mass is 10.1. The van der Waals surface area contributed by atoms with Crippen LogP contribution in [0.25, 0.3) is 16.9 Å². The second-order valence-corrected chi connectivity index (χ2v) is 5.35. The molecule has 0 atom stereocenters. The second kappa shape index (κ2) is 5.18. The lowest BCUT2D eigenvalue weighted by Crippen LogP contribution is -2.01. The lowest BCUT2D eigenvalue weighted by Gasteiger charge is -2.05. The van der Waals surface area contributed by atoms with Crippen LogP contribution in [0, 0.1) is 13.8 Å². The first-order chi connectivity index (χ1) is 10.5. The van der Waals surface area contributed by atoms with Gasteiger partial charge in [-0.15, -0.1) is 0 Å². The van der Waals surface area contributed by atoms with Gasteiger partial charge in [0.05, 0.1) is 11.3 Å². The van der Waals surface area contributed by atoms with Crippen LogP contribution in [0.3, 0.4) is 0 Å². The van der Waals surface area contributed by atoms with E-state index in [4.69, 9.17) is 5.11 Å². The monoisotopic (exact) mass is 295 g/mol. The molecule has 0 aliphatic heterocycles. The Bertz CT molecular complexity index is 859. The lowest BCUT2D eigenvalue weighted by molar-refractivity contribution is 0.0697. The number of hydrogen-bond acceptors (Lipinski definition) is 2. The zero-order valence-corrected chi connectivity index (χ0v) is 12.7. The number of aryl methyl sites for hydroxylation is 2. The van der Waals surface area contributed by atoms with E-state index in [9.17, 15) is 4.79 Å². The predicted octanol–water partition coefficient (Wildman–Crippen LogP) is 3.19. The summed E-state index contributed by atoms with van der Waals surface area (Å²) in [6, 6.07) is 8.92. The Hall–Kier alpha value is -2.82. The Morgan fingerprint density at radius 1 is 1.18 bits per heavy atom. The minimum Gasteiger partial charge on any atom is -0.478 e. The second-order valence-electron chi connectivity index (χ2n) is 5.35. The maximum absolute atomic E-state index is 11.1. The Morgan fingerprint density at radius 2 is 1.95 bits per heavy atom. The first-order valence-corrected chi connectivity index (χ1v) is 6.99. The SMILES string of the molecule is Cc1nn(C)c(-n2ccc(-c3cccc(C(=O)O)c3)c2)c1C. The van der Waals surface area contributed by atoms with Gasteiger partial charge in [-0.25, -0.2) is 4.79 Å². The number of hydrogen-bond donors (Lipinski definition) is 1. The topological polar surface area (TPSA) is 60.0 Å². The highest BCUT2D eigenvalue weighted by Gasteiger charge is 2.12. The van der Waals surface area contributed by atoms with Crippen LogP contribution < -0.4 is 0 Å². The number of rotatable bonds is 3. The molecule has 0 spiro atoms. The molecule has 1 N–H and O–H groups in total. The fourth-order valence-corrected chi connectivity index (χ4v) is 2.64. The van der Waals surface area contributed by atoms with E-state index in [-0.39, 0.29) is 5.56 Å². The van der Waals surface area contributed by atoms with Gasteiger partial charge >= 0.3 is 5.97 Å². The third kappa shape index (κ3) is 2.30. The molecule has 0 saturated carbocycles. The summed E-state index contributed by atoms with van der Waals surface area (Å²) >= 11 is 0. The highest BCUT2D eigenvalue weighted by molar-refractivity contribution is 5.89. The molecular formula is C17H17N3O2. The summed E-state index contributed by atoms with van der Waals surface area (Å²) in [7, 11) is 1.92. The number of aromatic carboxylic acids is 1. The maximum atomic E-state index is 11.1. The van der Waals surface area contributed by atoms with E-state index in [0.717, 1.165) is 28.2 Å². The fraction of sp³-hybridized carbons (Fsp3) is 0.176.